The highest BCUT2D eigenvalue weighted by Gasteiger charge is 2.26. The first-order valence-electron chi connectivity index (χ1n) is 7.89. The Labute approximate surface area is 135 Å². The van der Waals surface area contributed by atoms with Crippen molar-refractivity contribution in [2.75, 3.05) is 24.5 Å². The lowest BCUT2D eigenvalue weighted by molar-refractivity contribution is 0.352. The van der Waals surface area contributed by atoms with Crippen LogP contribution in [0.4, 0.5) is 5.82 Å². The van der Waals surface area contributed by atoms with Crippen LogP contribution in [0.5, 0.6) is 0 Å². The van der Waals surface area contributed by atoms with Crippen LogP contribution in [0.25, 0.3) is 22.4 Å². The van der Waals surface area contributed by atoms with Crippen molar-refractivity contribution in [2.24, 2.45) is 0 Å². The van der Waals surface area contributed by atoms with Crippen molar-refractivity contribution in [3.8, 4) is 11.4 Å². The van der Waals surface area contributed by atoms with Gasteiger partial charge >= 0.3 is 0 Å². The van der Waals surface area contributed by atoms with Crippen molar-refractivity contribution in [1.82, 2.24) is 25.5 Å². The van der Waals surface area contributed by atoms with Gasteiger partial charge in [-0.1, -0.05) is 6.07 Å². The van der Waals surface area contributed by atoms with Gasteiger partial charge in [0.2, 0.25) is 0 Å². The van der Waals surface area contributed by atoms with Crippen LogP contribution in [0.2, 0.25) is 0 Å². The number of nitrogens with one attached hydrogen (secondary N) is 2. The number of rotatable bonds is 2. The van der Waals surface area contributed by atoms with Gasteiger partial charge in [-0.05, 0) is 38.1 Å². The fourth-order valence-electron chi connectivity index (χ4n) is 3.12. The van der Waals surface area contributed by atoms with Crippen LogP contribution in [0, 0.1) is 0 Å². The first-order valence-corrected chi connectivity index (χ1v) is 7.89. The minimum atomic E-state index is 0.0961. The molecule has 6 heteroatoms. The third kappa shape index (κ3) is 2.66. The van der Waals surface area contributed by atoms with Gasteiger partial charge in [0.25, 0.3) is 0 Å². The molecule has 0 saturated carbocycles. The summed E-state index contributed by atoms with van der Waals surface area (Å²) in [4.78, 5) is 11.5. The predicted octanol–water partition coefficient (Wildman–Crippen LogP) is 2.21. The molecule has 2 N–H and O–H groups in total. The number of hydrogen-bond donors (Lipinski definition) is 2. The summed E-state index contributed by atoms with van der Waals surface area (Å²) in [6.07, 6.45) is 1.76. The van der Waals surface area contributed by atoms with Crippen molar-refractivity contribution in [2.45, 2.75) is 19.4 Å². The molecule has 1 saturated heterocycles. The number of anilines is 1. The van der Waals surface area contributed by atoms with Gasteiger partial charge < -0.3 is 10.2 Å². The normalized spacial score (nSPS) is 17.6. The molecule has 6 nitrogen and oxygen atoms in total. The minimum absolute atomic E-state index is 0.0961. The number of nitrogens with zero attached hydrogens (tertiary/aromatic N) is 4. The minimum Gasteiger partial charge on any atom is -0.353 e. The molecule has 1 aliphatic heterocycles. The zero-order valence-electron chi connectivity index (χ0n) is 13.4. The molecular weight excluding hydrogens is 288 g/mol. The number of aromatic amines is 1. The van der Waals surface area contributed by atoms with E-state index < -0.39 is 0 Å². The van der Waals surface area contributed by atoms with E-state index in [1.807, 2.05) is 24.3 Å². The Hall–Kier alpha value is -2.47. The molecule has 0 amide bonds. The van der Waals surface area contributed by atoms with E-state index in [-0.39, 0.29) is 5.54 Å². The highest BCUT2D eigenvalue weighted by atomic mass is 15.3. The number of pyridine rings is 2. The van der Waals surface area contributed by atoms with Crippen molar-refractivity contribution >= 4 is 16.9 Å². The summed E-state index contributed by atoms with van der Waals surface area (Å²) < 4.78 is 0. The maximum atomic E-state index is 4.84. The van der Waals surface area contributed by atoms with Gasteiger partial charge in [-0.3, -0.25) is 5.10 Å². The second-order valence-electron chi connectivity index (χ2n) is 6.59. The fourth-order valence-corrected chi connectivity index (χ4v) is 3.12. The van der Waals surface area contributed by atoms with E-state index in [1.165, 1.54) is 0 Å². The summed E-state index contributed by atoms with van der Waals surface area (Å²) in [5.41, 5.74) is 2.61. The number of hydrogen-bond acceptors (Lipinski definition) is 5. The molecule has 0 bridgehead atoms. The Morgan fingerprint density at radius 3 is 2.96 bits per heavy atom. The first-order chi connectivity index (χ1) is 11.1. The molecule has 0 aromatic carbocycles. The molecule has 0 aliphatic carbocycles. The van der Waals surface area contributed by atoms with E-state index >= 15 is 0 Å². The largest absolute Gasteiger partial charge is 0.353 e. The van der Waals surface area contributed by atoms with Crippen LogP contribution >= 0.6 is 0 Å². The number of aromatic nitrogens is 4. The summed E-state index contributed by atoms with van der Waals surface area (Å²) in [5.74, 6) is 0.997. The third-order valence-corrected chi connectivity index (χ3v) is 4.21. The molecule has 0 spiro atoms. The van der Waals surface area contributed by atoms with Gasteiger partial charge in [0.05, 0.1) is 5.69 Å². The van der Waals surface area contributed by atoms with Crippen molar-refractivity contribution in [3.05, 3.63) is 36.5 Å². The second-order valence-corrected chi connectivity index (χ2v) is 6.59. The van der Waals surface area contributed by atoms with Gasteiger partial charge in [0.15, 0.2) is 5.65 Å². The molecular formula is C17H20N6. The van der Waals surface area contributed by atoms with E-state index in [0.717, 1.165) is 47.9 Å². The quantitative estimate of drug-likeness (QED) is 0.759. The van der Waals surface area contributed by atoms with Crippen molar-refractivity contribution in [3.63, 3.8) is 0 Å². The summed E-state index contributed by atoms with van der Waals surface area (Å²) in [5, 5.41) is 11.9. The van der Waals surface area contributed by atoms with Gasteiger partial charge in [0.1, 0.15) is 11.5 Å². The number of H-pyrrole nitrogens is 1. The van der Waals surface area contributed by atoms with Gasteiger partial charge in [0, 0.05) is 36.8 Å². The van der Waals surface area contributed by atoms with Gasteiger partial charge in [-0.25, -0.2) is 9.97 Å². The standard InChI is InChI=1S/C17H20N6/c1-17(2)11-23(10-9-19-17)14-7-3-6-13(20-14)15-12-5-4-8-18-16(12)22-21-15/h3-8,19H,9-11H2,1-2H3,(H,18,21,22). The topological polar surface area (TPSA) is 69.7 Å². The summed E-state index contributed by atoms with van der Waals surface area (Å²) >= 11 is 0. The van der Waals surface area contributed by atoms with Crippen LogP contribution in [0.15, 0.2) is 36.5 Å². The highest BCUT2D eigenvalue weighted by Crippen LogP contribution is 2.26. The van der Waals surface area contributed by atoms with E-state index in [0.29, 0.717) is 0 Å². The maximum absolute atomic E-state index is 4.84. The lowest BCUT2D eigenvalue weighted by Crippen LogP contribution is -2.57. The second kappa shape index (κ2) is 5.31. The summed E-state index contributed by atoms with van der Waals surface area (Å²) in [6, 6.07) is 10.1. The van der Waals surface area contributed by atoms with Crippen molar-refractivity contribution < 1.29 is 0 Å². The Kier molecular flexibility index (Phi) is 3.27. The van der Waals surface area contributed by atoms with E-state index in [1.54, 1.807) is 6.20 Å². The van der Waals surface area contributed by atoms with Crippen LogP contribution in [0.3, 0.4) is 0 Å². The molecule has 1 aliphatic rings. The SMILES string of the molecule is CC1(C)CN(c2cccc(-c3n[nH]c4ncccc34)n2)CCN1. The lowest BCUT2D eigenvalue weighted by Gasteiger charge is -2.39. The zero-order valence-corrected chi connectivity index (χ0v) is 13.4. The maximum Gasteiger partial charge on any atom is 0.155 e. The molecule has 118 valence electrons. The molecule has 4 rings (SSSR count). The van der Waals surface area contributed by atoms with Crippen LogP contribution in [-0.4, -0.2) is 45.3 Å². The third-order valence-electron chi connectivity index (χ3n) is 4.21. The Balaban J connectivity index is 1.72. The molecule has 3 aromatic rings. The van der Waals surface area contributed by atoms with Crippen LogP contribution in [-0.2, 0) is 0 Å². The van der Waals surface area contributed by atoms with Crippen molar-refractivity contribution in [1.29, 1.82) is 0 Å². The molecule has 3 aromatic heterocycles. The molecule has 0 radical (unpaired) electrons. The van der Waals surface area contributed by atoms with Crippen LogP contribution in [0.1, 0.15) is 13.8 Å². The lowest BCUT2D eigenvalue weighted by atomic mass is 10.0. The number of fused-ring (bicyclic) bond motifs is 1. The zero-order chi connectivity index (χ0) is 15.9. The number of piperazine rings is 1. The van der Waals surface area contributed by atoms with Gasteiger partial charge in [-0.2, -0.15) is 5.10 Å². The van der Waals surface area contributed by atoms with E-state index in [9.17, 15) is 0 Å². The average Bonchev–Trinajstić information content (AvgIpc) is 2.98. The fraction of sp³-hybridized carbons (Fsp3) is 0.353. The smallest absolute Gasteiger partial charge is 0.155 e. The monoisotopic (exact) mass is 308 g/mol. The van der Waals surface area contributed by atoms with Crippen LogP contribution < -0.4 is 10.2 Å². The molecule has 4 heterocycles. The molecule has 0 unspecified atom stereocenters. The first kappa shape index (κ1) is 14.1. The van der Waals surface area contributed by atoms with E-state index in [2.05, 4.69) is 45.3 Å². The molecule has 1 fully saturated rings. The Bertz CT molecular complexity index is 838. The van der Waals surface area contributed by atoms with E-state index in [4.69, 9.17) is 4.98 Å². The molecule has 23 heavy (non-hydrogen) atoms. The average molecular weight is 308 g/mol. The van der Waals surface area contributed by atoms with Gasteiger partial charge in [-0.15, -0.1) is 0 Å². The highest BCUT2D eigenvalue weighted by molar-refractivity contribution is 5.89. The predicted molar refractivity (Wildman–Crippen MR) is 91.4 cm³/mol. The summed E-state index contributed by atoms with van der Waals surface area (Å²) in [6.45, 7) is 7.30. The Morgan fingerprint density at radius 2 is 2.09 bits per heavy atom. The molecule has 0 atom stereocenters. The Morgan fingerprint density at radius 1 is 1.17 bits per heavy atom. The summed E-state index contributed by atoms with van der Waals surface area (Å²) in [7, 11) is 0.